The van der Waals surface area contributed by atoms with Crippen molar-refractivity contribution in [3.05, 3.63) is 104 Å². The van der Waals surface area contributed by atoms with E-state index in [2.05, 4.69) is 10.3 Å². The fraction of sp³-hybridized carbons (Fsp3) is 0.258. The van der Waals surface area contributed by atoms with Crippen LogP contribution in [0, 0.1) is 17.0 Å². The molecule has 3 aromatic rings. The van der Waals surface area contributed by atoms with E-state index in [1.807, 2.05) is 0 Å². The van der Waals surface area contributed by atoms with Crippen LogP contribution in [-0.2, 0) is 19.1 Å². The van der Waals surface area contributed by atoms with Gasteiger partial charge < -0.3 is 29.2 Å². The maximum Gasteiger partial charge on any atom is 0.337 e. The minimum absolute atomic E-state index is 0.0565. The zero-order valence-corrected chi connectivity index (χ0v) is 24.4. The lowest BCUT2D eigenvalue weighted by atomic mass is 9.80. The number of nitro benzene ring substituents is 1. The molecule has 0 radical (unpaired) electrons. The van der Waals surface area contributed by atoms with E-state index in [4.69, 9.17) is 14.2 Å². The lowest BCUT2D eigenvalue weighted by molar-refractivity contribution is -0.384. The van der Waals surface area contributed by atoms with Crippen LogP contribution >= 0.6 is 0 Å². The van der Waals surface area contributed by atoms with Crippen molar-refractivity contribution in [1.82, 2.24) is 14.9 Å². The zero-order valence-electron chi connectivity index (χ0n) is 24.4. The minimum Gasteiger partial charge on any atom is -0.503 e. The quantitative estimate of drug-likeness (QED) is 0.191. The molecule has 0 spiro atoms. The third kappa shape index (κ3) is 6.13. The summed E-state index contributed by atoms with van der Waals surface area (Å²) in [5.41, 5.74) is 2.78. The van der Waals surface area contributed by atoms with Gasteiger partial charge in [-0.1, -0.05) is 18.2 Å². The molecular formula is C31H32N4O8. The van der Waals surface area contributed by atoms with Gasteiger partial charge in [0.05, 0.1) is 54.3 Å². The molecule has 4 rings (SSSR count). The zero-order chi connectivity index (χ0) is 31.3. The van der Waals surface area contributed by atoms with Gasteiger partial charge >= 0.3 is 11.9 Å². The van der Waals surface area contributed by atoms with Gasteiger partial charge in [0.1, 0.15) is 0 Å². The number of carbonyl (C=O) groups excluding carboxylic acids is 2. The molecule has 2 N–H and O–H groups in total. The highest BCUT2D eigenvalue weighted by Gasteiger charge is 2.39. The van der Waals surface area contributed by atoms with Crippen LogP contribution in [0.1, 0.15) is 43.4 Å². The summed E-state index contributed by atoms with van der Waals surface area (Å²) in [5, 5.41) is 25.6. The number of imidazole rings is 1. The van der Waals surface area contributed by atoms with E-state index >= 15 is 0 Å². The number of nitrogens with zero attached hydrogens (tertiary/aromatic N) is 3. The van der Waals surface area contributed by atoms with Crippen LogP contribution in [0.3, 0.4) is 0 Å². The van der Waals surface area contributed by atoms with Crippen molar-refractivity contribution in [2.45, 2.75) is 33.6 Å². The Morgan fingerprint density at radius 1 is 1.12 bits per heavy atom. The largest absolute Gasteiger partial charge is 0.503 e. The topological polar surface area (TPSA) is 155 Å². The van der Waals surface area contributed by atoms with Crippen molar-refractivity contribution < 1.29 is 33.8 Å². The van der Waals surface area contributed by atoms with Crippen LogP contribution < -0.4 is 10.1 Å². The Labute approximate surface area is 248 Å². The first-order valence-corrected chi connectivity index (χ1v) is 13.5. The smallest absolute Gasteiger partial charge is 0.337 e. The van der Waals surface area contributed by atoms with Gasteiger partial charge in [-0.05, 0) is 51.0 Å². The number of nitro groups is 1. The Kier molecular flexibility index (Phi) is 9.29. The number of ether oxygens (including phenoxy) is 3. The number of non-ortho nitro benzene ring substituents is 1. The minimum atomic E-state index is -1.03. The van der Waals surface area contributed by atoms with Crippen molar-refractivity contribution in [1.29, 1.82) is 0 Å². The van der Waals surface area contributed by atoms with Crippen LogP contribution in [0.25, 0.3) is 11.8 Å². The number of phenolic OH excluding ortho intramolecular Hbond substituents is 1. The van der Waals surface area contributed by atoms with Gasteiger partial charge in [0.25, 0.3) is 5.69 Å². The van der Waals surface area contributed by atoms with Crippen molar-refractivity contribution in [2.75, 3.05) is 20.3 Å². The standard InChI is InChI=1S/C31H32N4O8/c1-6-42-30(37)25-19(4)33-23(27(31(38)43-7-2)26(25)21-9-8-10-22(15-21)35(39)40)12-11-20-16-24(34-14-13-32-17-34)28(36)29(41-5)18(20)3/h8-17,26,33,36H,6-7H2,1-5H3. The average molecular weight is 589 g/mol. The highest BCUT2D eigenvalue weighted by molar-refractivity contribution is 6.00. The number of allylic oxidation sites excluding steroid dienone is 2. The van der Waals surface area contributed by atoms with E-state index in [0.717, 1.165) is 0 Å². The SMILES string of the molecule is CCOC(=O)C1=C(C)NC(C=Cc2cc(-n3ccnc3)c(O)c(OC)c2C)=C(C(=O)OCC)C1c1cccc([N+](=O)[O-])c1. The van der Waals surface area contributed by atoms with Crippen molar-refractivity contribution in [2.24, 2.45) is 0 Å². The Morgan fingerprint density at radius 2 is 1.81 bits per heavy atom. The number of hydrogen-bond acceptors (Lipinski definition) is 10. The molecule has 12 nitrogen and oxygen atoms in total. The highest BCUT2D eigenvalue weighted by Crippen LogP contribution is 2.42. The molecular weight excluding hydrogens is 556 g/mol. The van der Waals surface area contributed by atoms with Gasteiger partial charge in [0, 0.05) is 41.5 Å². The van der Waals surface area contributed by atoms with Crippen LogP contribution in [-0.4, -0.2) is 51.8 Å². The molecule has 2 aromatic carbocycles. The molecule has 1 atom stereocenters. The van der Waals surface area contributed by atoms with Crippen molar-refractivity contribution in [3.63, 3.8) is 0 Å². The molecule has 0 bridgehead atoms. The van der Waals surface area contributed by atoms with Crippen LogP contribution in [0.5, 0.6) is 11.5 Å². The number of esters is 2. The van der Waals surface area contributed by atoms with E-state index < -0.39 is 22.8 Å². The first-order chi connectivity index (χ1) is 20.6. The highest BCUT2D eigenvalue weighted by atomic mass is 16.6. The molecule has 0 aliphatic carbocycles. The molecule has 0 fully saturated rings. The lowest BCUT2D eigenvalue weighted by Gasteiger charge is -2.30. The number of phenols is 1. The number of methoxy groups -OCH3 is 1. The second kappa shape index (κ2) is 13.1. The number of carbonyl (C=O) groups is 2. The number of dihydropyridines is 1. The second-order valence-electron chi connectivity index (χ2n) is 9.51. The summed E-state index contributed by atoms with van der Waals surface area (Å²) >= 11 is 0. The summed E-state index contributed by atoms with van der Waals surface area (Å²) in [5.74, 6) is -2.22. The normalized spacial score (nSPS) is 15.0. The molecule has 1 aromatic heterocycles. The van der Waals surface area contributed by atoms with Crippen LogP contribution in [0.2, 0.25) is 0 Å². The predicted molar refractivity (Wildman–Crippen MR) is 158 cm³/mol. The van der Waals surface area contributed by atoms with E-state index in [0.29, 0.717) is 33.8 Å². The van der Waals surface area contributed by atoms with E-state index in [1.165, 1.54) is 31.6 Å². The molecule has 1 aliphatic heterocycles. The van der Waals surface area contributed by atoms with Crippen molar-refractivity contribution in [3.8, 4) is 17.2 Å². The van der Waals surface area contributed by atoms with Crippen molar-refractivity contribution >= 4 is 23.7 Å². The van der Waals surface area contributed by atoms with Gasteiger partial charge in [-0.15, -0.1) is 0 Å². The Bertz CT molecular complexity index is 1650. The van der Waals surface area contributed by atoms with E-state index in [9.17, 15) is 24.8 Å². The van der Waals surface area contributed by atoms with Gasteiger partial charge in [0.15, 0.2) is 11.5 Å². The third-order valence-electron chi connectivity index (χ3n) is 6.94. The monoisotopic (exact) mass is 588 g/mol. The van der Waals surface area contributed by atoms with E-state index in [1.54, 1.807) is 68.9 Å². The summed E-state index contributed by atoms with van der Waals surface area (Å²) in [4.78, 5) is 41.9. The average Bonchev–Trinajstić information content (AvgIpc) is 3.51. The molecule has 224 valence electrons. The molecule has 1 unspecified atom stereocenters. The molecule has 2 heterocycles. The lowest BCUT2D eigenvalue weighted by Crippen LogP contribution is -2.33. The van der Waals surface area contributed by atoms with Gasteiger partial charge in [-0.2, -0.15) is 0 Å². The number of rotatable bonds is 10. The van der Waals surface area contributed by atoms with Gasteiger partial charge in [-0.3, -0.25) is 10.1 Å². The maximum atomic E-state index is 13.6. The number of hydrogen-bond donors (Lipinski definition) is 2. The molecule has 12 heteroatoms. The number of nitrogens with one attached hydrogen (secondary N) is 1. The fourth-order valence-corrected chi connectivity index (χ4v) is 5.00. The number of benzene rings is 2. The molecule has 0 saturated heterocycles. The van der Waals surface area contributed by atoms with Gasteiger partial charge in [-0.25, -0.2) is 14.6 Å². The summed E-state index contributed by atoms with van der Waals surface area (Å²) < 4.78 is 17.9. The number of aromatic hydroxyl groups is 1. The predicted octanol–water partition coefficient (Wildman–Crippen LogP) is 4.86. The molecule has 1 aliphatic rings. The Balaban J connectivity index is 1.95. The fourth-order valence-electron chi connectivity index (χ4n) is 5.00. The summed E-state index contributed by atoms with van der Waals surface area (Å²) in [6.45, 7) is 6.91. The van der Waals surface area contributed by atoms with Crippen LogP contribution in [0.4, 0.5) is 5.69 Å². The summed E-state index contributed by atoms with van der Waals surface area (Å²) in [6.07, 6.45) is 8.17. The maximum absolute atomic E-state index is 13.6. The first-order valence-electron chi connectivity index (χ1n) is 13.5. The third-order valence-corrected chi connectivity index (χ3v) is 6.94. The van der Waals surface area contributed by atoms with E-state index in [-0.39, 0.29) is 41.5 Å². The molecule has 0 saturated carbocycles. The van der Waals surface area contributed by atoms with Gasteiger partial charge in [0.2, 0.25) is 0 Å². The molecule has 43 heavy (non-hydrogen) atoms. The summed E-state index contributed by atoms with van der Waals surface area (Å²) in [7, 11) is 1.45. The Morgan fingerprint density at radius 3 is 2.42 bits per heavy atom. The second-order valence-corrected chi connectivity index (χ2v) is 9.51. The first kappa shape index (κ1) is 30.6. The number of aromatic nitrogens is 2. The Hall–Kier alpha value is -5.39. The molecule has 0 amide bonds. The van der Waals surface area contributed by atoms with Crippen LogP contribution in [0.15, 0.2) is 77.7 Å². The summed E-state index contributed by atoms with van der Waals surface area (Å²) in [6, 6.07) is 7.51.